The molecule has 5 nitrogen and oxygen atoms in total. The molecular weight excluding hydrogens is 302 g/mol. The van der Waals surface area contributed by atoms with Gasteiger partial charge in [0.1, 0.15) is 5.75 Å². The Morgan fingerprint density at radius 2 is 2.17 bits per heavy atom. The Labute approximate surface area is 138 Å². The number of aromatic hydroxyl groups is 1. The van der Waals surface area contributed by atoms with E-state index in [0.29, 0.717) is 17.2 Å². The van der Waals surface area contributed by atoms with Gasteiger partial charge in [0.25, 0.3) is 5.91 Å². The fraction of sp³-hybridized carbons (Fsp3) is 0.263. The number of rotatable bonds is 1. The highest BCUT2D eigenvalue weighted by molar-refractivity contribution is 5.97. The van der Waals surface area contributed by atoms with Crippen LogP contribution in [-0.4, -0.2) is 38.5 Å². The molecule has 2 heterocycles. The van der Waals surface area contributed by atoms with Crippen molar-refractivity contribution in [1.82, 2.24) is 14.9 Å². The summed E-state index contributed by atoms with van der Waals surface area (Å²) in [4.78, 5) is 22.3. The number of fused-ring (bicyclic) bond motifs is 4. The number of H-pyrrole nitrogens is 1. The number of likely N-dealkylation sites (tertiary alicyclic amines) is 1. The van der Waals surface area contributed by atoms with Crippen LogP contribution in [0, 0.1) is 0 Å². The molecule has 2 atom stereocenters. The summed E-state index contributed by atoms with van der Waals surface area (Å²) in [6, 6.07) is 11.4. The summed E-state index contributed by atoms with van der Waals surface area (Å²) in [7, 11) is 0. The maximum absolute atomic E-state index is 13.0. The third-order valence-corrected chi connectivity index (χ3v) is 5.43. The molecule has 0 bridgehead atoms. The van der Waals surface area contributed by atoms with Gasteiger partial charge in [0.2, 0.25) is 0 Å². The molecule has 0 radical (unpaired) electrons. The number of hydrogen-bond acceptors (Lipinski definition) is 3. The van der Waals surface area contributed by atoms with Crippen LogP contribution in [-0.2, 0) is 6.42 Å². The maximum atomic E-state index is 13.0. The van der Waals surface area contributed by atoms with Crippen LogP contribution < -0.4 is 0 Å². The molecule has 1 aromatic heterocycles. The van der Waals surface area contributed by atoms with Gasteiger partial charge in [-0.05, 0) is 54.3 Å². The smallest absolute Gasteiger partial charge is 0.254 e. The molecule has 2 N–H and O–H groups in total. The molecule has 1 fully saturated rings. The summed E-state index contributed by atoms with van der Waals surface area (Å²) in [6.45, 7) is 0.768. The zero-order valence-electron chi connectivity index (χ0n) is 13.1. The van der Waals surface area contributed by atoms with E-state index >= 15 is 0 Å². The van der Waals surface area contributed by atoms with Crippen molar-refractivity contribution in [2.24, 2.45) is 0 Å². The molecule has 1 aliphatic carbocycles. The molecule has 3 aromatic rings. The number of hydrogen-bond donors (Lipinski definition) is 2. The Kier molecular flexibility index (Phi) is 2.74. The Balaban J connectivity index is 1.47. The number of phenols is 1. The van der Waals surface area contributed by atoms with Crippen molar-refractivity contribution in [1.29, 1.82) is 0 Å². The van der Waals surface area contributed by atoms with Crippen LogP contribution in [0.1, 0.15) is 33.8 Å². The normalized spacial score (nSPS) is 21.9. The van der Waals surface area contributed by atoms with E-state index in [-0.39, 0.29) is 11.9 Å². The summed E-state index contributed by atoms with van der Waals surface area (Å²) < 4.78 is 0. The number of aromatic nitrogens is 2. The van der Waals surface area contributed by atoms with Crippen LogP contribution in [0.15, 0.2) is 42.7 Å². The Morgan fingerprint density at radius 1 is 1.25 bits per heavy atom. The second kappa shape index (κ2) is 4.84. The minimum Gasteiger partial charge on any atom is -0.508 e. The van der Waals surface area contributed by atoms with Gasteiger partial charge in [-0.3, -0.25) is 4.79 Å². The fourth-order valence-electron chi connectivity index (χ4n) is 4.29. The quantitative estimate of drug-likeness (QED) is 0.724. The van der Waals surface area contributed by atoms with Gasteiger partial charge in [-0.2, -0.15) is 0 Å². The van der Waals surface area contributed by atoms with Crippen molar-refractivity contribution in [3.05, 3.63) is 59.4 Å². The Hall–Kier alpha value is -2.82. The van der Waals surface area contributed by atoms with Gasteiger partial charge in [-0.1, -0.05) is 6.07 Å². The zero-order valence-corrected chi connectivity index (χ0v) is 13.1. The summed E-state index contributed by atoms with van der Waals surface area (Å²) in [5.74, 6) is 0.729. The molecule has 2 unspecified atom stereocenters. The number of carbonyl (C=O) groups is 1. The van der Waals surface area contributed by atoms with E-state index in [4.69, 9.17) is 0 Å². The second-order valence-corrected chi connectivity index (χ2v) is 6.68. The SMILES string of the molecule is O=C(c1ccc2nc[nH]c2c1)N1CCC2c3cc(O)ccc3CC21. The van der Waals surface area contributed by atoms with Crippen molar-refractivity contribution in [2.75, 3.05) is 6.54 Å². The molecule has 5 heteroatoms. The monoisotopic (exact) mass is 319 g/mol. The molecule has 24 heavy (non-hydrogen) atoms. The lowest BCUT2D eigenvalue weighted by Crippen LogP contribution is -2.36. The number of benzene rings is 2. The Morgan fingerprint density at radius 3 is 3.08 bits per heavy atom. The molecular formula is C19H17N3O2. The summed E-state index contributed by atoms with van der Waals surface area (Å²) in [5.41, 5.74) is 4.92. The van der Waals surface area contributed by atoms with Crippen LogP contribution in [0.5, 0.6) is 5.75 Å². The minimum atomic E-state index is 0.0797. The predicted octanol–water partition coefficient (Wildman–Crippen LogP) is 2.82. The van der Waals surface area contributed by atoms with Crippen molar-refractivity contribution >= 4 is 16.9 Å². The Bertz CT molecular complexity index is 962. The van der Waals surface area contributed by atoms with E-state index < -0.39 is 0 Å². The number of carbonyl (C=O) groups excluding carboxylic acids is 1. The highest BCUT2D eigenvalue weighted by Gasteiger charge is 2.43. The van der Waals surface area contributed by atoms with E-state index in [1.807, 2.05) is 35.2 Å². The molecule has 5 rings (SSSR count). The van der Waals surface area contributed by atoms with Gasteiger partial charge in [0.15, 0.2) is 0 Å². The van der Waals surface area contributed by atoms with Crippen LogP contribution in [0.2, 0.25) is 0 Å². The summed E-state index contributed by atoms with van der Waals surface area (Å²) in [5, 5.41) is 9.76. The average Bonchev–Trinajstić information content (AvgIpc) is 3.28. The van der Waals surface area contributed by atoms with E-state index in [9.17, 15) is 9.90 Å². The lowest BCUT2D eigenvalue weighted by Gasteiger charge is -2.24. The van der Waals surface area contributed by atoms with Crippen molar-refractivity contribution in [2.45, 2.75) is 24.8 Å². The molecule has 0 saturated carbocycles. The van der Waals surface area contributed by atoms with Gasteiger partial charge in [0, 0.05) is 24.1 Å². The van der Waals surface area contributed by atoms with Crippen LogP contribution >= 0.6 is 0 Å². The number of imidazole rings is 1. The average molecular weight is 319 g/mol. The third kappa shape index (κ3) is 1.87. The van der Waals surface area contributed by atoms with E-state index in [0.717, 1.165) is 30.4 Å². The molecule has 1 saturated heterocycles. The first-order valence-electron chi connectivity index (χ1n) is 8.26. The number of amides is 1. The number of aromatic amines is 1. The van der Waals surface area contributed by atoms with Gasteiger partial charge >= 0.3 is 0 Å². The minimum absolute atomic E-state index is 0.0797. The van der Waals surface area contributed by atoms with E-state index in [1.54, 1.807) is 12.4 Å². The summed E-state index contributed by atoms with van der Waals surface area (Å²) >= 11 is 0. The fourth-order valence-corrected chi connectivity index (χ4v) is 4.29. The largest absolute Gasteiger partial charge is 0.508 e. The standard InChI is InChI=1S/C19H17N3O2/c23-13-3-1-11-8-18-14(15(11)9-13)5-6-22(18)19(24)12-2-4-16-17(7-12)21-10-20-16/h1-4,7,9-10,14,18,23H,5-6,8H2,(H,20,21). The van der Waals surface area contributed by atoms with Crippen molar-refractivity contribution < 1.29 is 9.90 Å². The van der Waals surface area contributed by atoms with E-state index in [1.165, 1.54) is 11.1 Å². The molecule has 2 aromatic carbocycles. The third-order valence-electron chi connectivity index (χ3n) is 5.43. The lowest BCUT2D eigenvalue weighted by atomic mass is 9.98. The molecule has 1 aliphatic heterocycles. The number of phenolic OH excluding ortho intramolecular Hbond substituents is 1. The second-order valence-electron chi connectivity index (χ2n) is 6.68. The topological polar surface area (TPSA) is 69.2 Å². The zero-order chi connectivity index (χ0) is 16.3. The maximum Gasteiger partial charge on any atom is 0.254 e. The highest BCUT2D eigenvalue weighted by Crippen LogP contribution is 2.44. The van der Waals surface area contributed by atoms with Crippen LogP contribution in [0.3, 0.4) is 0 Å². The predicted molar refractivity (Wildman–Crippen MR) is 90.1 cm³/mol. The van der Waals surface area contributed by atoms with Crippen LogP contribution in [0.4, 0.5) is 0 Å². The van der Waals surface area contributed by atoms with E-state index in [2.05, 4.69) is 9.97 Å². The number of nitrogens with one attached hydrogen (secondary N) is 1. The highest BCUT2D eigenvalue weighted by atomic mass is 16.3. The van der Waals surface area contributed by atoms with Gasteiger partial charge in [0.05, 0.1) is 17.4 Å². The molecule has 2 aliphatic rings. The van der Waals surface area contributed by atoms with Crippen molar-refractivity contribution in [3.63, 3.8) is 0 Å². The molecule has 0 spiro atoms. The van der Waals surface area contributed by atoms with Gasteiger partial charge < -0.3 is 15.0 Å². The first kappa shape index (κ1) is 13.6. The van der Waals surface area contributed by atoms with Crippen molar-refractivity contribution in [3.8, 4) is 5.75 Å². The van der Waals surface area contributed by atoms with Gasteiger partial charge in [-0.25, -0.2) is 4.98 Å². The first-order valence-corrected chi connectivity index (χ1v) is 8.26. The first-order chi connectivity index (χ1) is 11.7. The van der Waals surface area contributed by atoms with Crippen LogP contribution in [0.25, 0.3) is 11.0 Å². The lowest BCUT2D eigenvalue weighted by molar-refractivity contribution is 0.0736. The number of nitrogens with zero attached hydrogens (tertiary/aromatic N) is 2. The summed E-state index contributed by atoms with van der Waals surface area (Å²) in [6.07, 6.45) is 3.47. The molecule has 1 amide bonds. The van der Waals surface area contributed by atoms with Gasteiger partial charge in [-0.15, -0.1) is 0 Å². The molecule has 120 valence electrons.